The van der Waals surface area contributed by atoms with E-state index in [1.54, 1.807) is 0 Å². The zero-order chi connectivity index (χ0) is 21.3. The van der Waals surface area contributed by atoms with Crippen molar-refractivity contribution < 1.29 is 14.6 Å². The molecule has 0 aromatic rings. The molecule has 0 unspecified atom stereocenters. The van der Waals surface area contributed by atoms with Crippen molar-refractivity contribution in [1.29, 1.82) is 0 Å². The van der Waals surface area contributed by atoms with E-state index in [1.165, 1.54) is 116 Å². The van der Waals surface area contributed by atoms with Crippen LogP contribution in [0.1, 0.15) is 148 Å². The van der Waals surface area contributed by atoms with Gasteiger partial charge in [-0.1, -0.05) is 122 Å². The van der Waals surface area contributed by atoms with Gasteiger partial charge < -0.3 is 9.84 Å². The Morgan fingerprint density at radius 1 is 0.552 bits per heavy atom. The SMILES string of the molecule is CCCCCCCCCCCC(=O)OCCCCCCCCCCCCCCO. The predicted octanol–water partition coefficient (Wildman–Crippen LogP) is 8.12. The lowest BCUT2D eigenvalue weighted by molar-refractivity contribution is -0.143. The molecule has 0 aliphatic heterocycles. The number of ether oxygens (including phenoxy) is 1. The van der Waals surface area contributed by atoms with Crippen molar-refractivity contribution in [2.75, 3.05) is 13.2 Å². The first-order valence-corrected chi connectivity index (χ1v) is 13.1. The molecule has 0 heterocycles. The highest BCUT2D eigenvalue weighted by Gasteiger charge is 2.02. The third kappa shape index (κ3) is 25.4. The molecule has 0 aromatic heterocycles. The van der Waals surface area contributed by atoms with E-state index in [0.29, 0.717) is 19.6 Å². The predicted molar refractivity (Wildman–Crippen MR) is 125 cm³/mol. The Morgan fingerprint density at radius 3 is 1.38 bits per heavy atom. The standard InChI is InChI=1S/C26H52O3/c1-2-3-4-5-6-11-14-17-20-23-26(28)29-25-22-19-16-13-10-8-7-9-12-15-18-21-24-27/h27H,2-25H2,1H3. The summed E-state index contributed by atoms with van der Waals surface area (Å²) < 4.78 is 5.36. The number of rotatable bonds is 24. The van der Waals surface area contributed by atoms with Crippen molar-refractivity contribution in [2.24, 2.45) is 0 Å². The summed E-state index contributed by atoms with van der Waals surface area (Å²) in [4.78, 5) is 11.7. The van der Waals surface area contributed by atoms with Crippen molar-refractivity contribution in [3.63, 3.8) is 0 Å². The van der Waals surface area contributed by atoms with E-state index in [2.05, 4.69) is 6.92 Å². The van der Waals surface area contributed by atoms with Gasteiger partial charge in [0.1, 0.15) is 0 Å². The maximum atomic E-state index is 11.7. The molecule has 0 radical (unpaired) electrons. The van der Waals surface area contributed by atoms with Gasteiger partial charge >= 0.3 is 5.97 Å². The smallest absolute Gasteiger partial charge is 0.305 e. The zero-order valence-electron chi connectivity index (χ0n) is 19.7. The molecule has 174 valence electrons. The van der Waals surface area contributed by atoms with Crippen LogP contribution in [0.5, 0.6) is 0 Å². The molecule has 0 aliphatic rings. The van der Waals surface area contributed by atoms with Gasteiger partial charge in [-0.25, -0.2) is 0 Å². The van der Waals surface area contributed by atoms with Gasteiger partial charge in [0.25, 0.3) is 0 Å². The number of aliphatic hydroxyl groups excluding tert-OH is 1. The summed E-state index contributed by atoms with van der Waals surface area (Å²) in [5.41, 5.74) is 0. The van der Waals surface area contributed by atoms with Crippen LogP contribution in [0.4, 0.5) is 0 Å². The molecule has 0 aromatic carbocycles. The topological polar surface area (TPSA) is 46.5 Å². The van der Waals surface area contributed by atoms with E-state index >= 15 is 0 Å². The third-order valence-corrected chi connectivity index (χ3v) is 5.80. The first kappa shape index (κ1) is 28.4. The quantitative estimate of drug-likeness (QED) is 0.129. The fourth-order valence-electron chi connectivity index (χ4n) is 3.82. The third-order valence-electron chi connectivity index (χ3n) is 5.80. The van der Waals surface area contributed by atoms with Gasteiger partial charge in [0, 0.05) is 13.0 Å². The molecule has 1 N–H and O–H groups in total. The highest BCUT2D eigenvalue weighted by molar-refractivity contribution is 5.69. The lowest BCUT2D eigenvalue weighted by Gasteiger charge is -2.06. The van der Waals surface area contributed by atoms with Crippen molar-refractivity contribution in [3.8, 4) is 0 Å². The van der Waals surface area contributed by atoms with Gasteiger partial charge in [0.15, 0.2) is 0 Å². The average molecular weight is 413 g/mol. The Morgan fingerprint density at radius 2 is 0.931 bits per heavy atom. The Kier molecular flexibility index (Phi) is 25.0. The molecule has 0 spiro atoms. The van der Waals surface area contributed by atoms with Gasteiger partial charge in [-0.05, 0) is 19.3 Å². The number of hydrogen-bond acceptors (Lipinski definition) is 3. The van der Waals surface area contributed by atoms with E-state index in [9.17, 15) is 4.79 Å². The van der Waals surface area contributed by atoms with Gasteiger partial charge in [0.2, 0.25) is 0 Å². The van der Waals surface area contributed by atoms with Crippen LogP contribution in [0.3, 0.4) is 0 Å². The highest BCUT2D eigenvalue weighted by Crippen LogP contribution is 2.13. The van der Waals surface area contributed by atoms with Crippen LogP contribution in [0.25, 0.3) is 0 Å². The Balaban J connectivity index is 3.13. The number of esters is 1. The van der Waals surface area contributed by atoms with Crippen molar-refractivity contribution in [3.05, 3.63) is 0 Å². The second-order valence-corrected chi connectivity index (χ2v) is 8.77. The van der Waals surface area contributed by atoms with Gasteiger partial charge in [-0.15, -0.1) is 0 Å². The fraction of sp³-hybridized carbons (Fsp3) is 0.962. The largest absolute Gasteiger partial charge is 0.466 e. The maximum absolute atomic E-state index is 11.7. The Hall–Kier alpha value is -0.570. The molecule has 0 aliphatic carbocycles. The lowest BCUT2D eigenvalue weighted by atomic mass is 10.1. The molecular formula is C26H52O3. The molecule has 0 amide bonds. The second kappa shape index (κ2) is 25.5. The monoisotopic (exact) mass is 412 g/mol. The highest BCUT2D eigenvalue weighted by atomic mass is 16.5. The molecule has 0 saturated heterocycles. The molecule has 29 heavy (non-hydrogen) atoms. The summed E-state index contributed by atoms with van der Waals surface area (Å²) in [5.74, 6) is 0.00642. The number of carbonyl (C=O) groups excluding carboxylic acids is 1. The van der Waals surface area contributed by atoms with Crippen LogP contribution < -0.4 is 0 Å². The van der Waals surface area contributed by atoms with E-state index in [4.69, 9.17) is 9.84 Å². The van der Waals surface area contributed by atoms with E-state index in [-0.39, 0.29) is 5.97 Å². The van der Waals surface area contributed by atoms with E-state index in [0.717, 1.165) is 19.3 Å². The maximum Gasteiger partial charge on any atom is 0.305 e. The fourth-order valence-corrected chi connectivity index (χ4v) is 3.82. The average Bonchev–Trinajstić information content (AvgIpc) is 2.72. The number of unbranched alkanes of at least 4 members (excludes halogenated alkanes) is 19. The molecular weight excluding hydrogens is 360 g/mol. The minimum Gasteiger partial charge on any atom is -0.466 e. The Bertz CT molecular complexity index is 317. The molecule has 0 bridgehead atoms. The number of hydrogen-bond donors (Lipinski definition) is 1. The van der Waals surface area contributed by atoms with E-state index in [1.807, 2.05) is 0 Å². The first-order chi connectivity index (χ1) is 14.3. The van der Waals surface area contributed by atoms with Crippen LogP contribution in [-0.2, 0) is 9.53 Å². The minimum atomic E-state index is 0.00642. The molecule has 3 nitrogen and oxygen atoms in total. The van der Waals surface area contributed by atoms with Crippen molar-refractivity contribution >= 4 is 5.97 Å². The first-order valence-electron chi connectivity index (χ1n) is 13.1. The van der Waals surface area contributed by atoms with Gasteiger partial charge in [-0.3, -0.25) is 4.79 Å². The summed E-state index contributed by atoms with van der Waals surface area (Å²) in [7, 11) is 0. The summed E-state index contributed by atoms with van der Waals surface area (Å²) in [5, 5.41) is 8.73. The molecule has 0 saturated carbocycles. The number of carbonyl (C=O) groups is 1. The zero-order valence-corrected chi connectivity index (χ0v) is 19.7. The summed E-state index contributed by atoms with van der Waals surface area (Å²) in [6, 6.07) is 0. The van der Waals surface area contributed by atoms with Gasteiger partial charge in [0.05, 0.1) is 6.61 Å². The summed E-state index contributed by atoms with van der Waals surface area (Å²) in [6.07, 6.45) is 27.1. The lowest BCUT2D eigenvalue weighted by Crippen LogP contribution is -2.05. The molecule has 0 atom stereocenters. The summed E-state index contributed by atoms with van der Waals surface area (Å²) in [6.45, 7) is 3.22. The van der Waals surface area contributed by atoms with Crippen LogP contribution in [0.15, 0.2) is 0 Å². The Labute approximate surface area is 182 Å². The molecule has 0 rings (SSSR count). The molecule has 0 fully saturated rings. The number of aliphatic hydroxyl groups is 1. The second-order valence-electron chi connectivity index (χ2n) is 8.77. The summed E-state index contributed by atoms with van der Waals surface area (Å²) >= 11 is 0. The molecule has 3 heteroatoms. The van der Waals surface area contributed by atoms with Crippen LogP contribution >= 0.6 is 0 Å². The minimum absolute atomic E-state index is 0.00642. The van der Waals surface area contributed by atoms with Crippen LogP contribution in [-0.4, -0.2) is 24.3 Å². The van der Waals surface area contributed by atoms with Crippen LogP contribution in [0, 0.1) is 0 Å². The van der Waals surface area contributed by atoms with Crippen LogP contribution in [0.2, 0.25) is 0 Å². The normalized spacial score (nSPS) is 11.1. The van der Waals surface area contributed by atoms with Gasteiger partial charge in [-0.2, -0.15) is 0 Å². The van der Waals surface area contributed by atoms with E-state index < -0.39 is 0 Å². The van der Waals surface area contributed by atoms with Crippen molar-refractivity contribution in [2.45, 2.75) is 148 Å². The van der Waals surface area contributed by atoms with Crippen molar-refractivity contribution in [1.82, 2.24) is 0 Å².